The van der Waals surface area contributed by atoms with Crippen molar-refractivity contribution in [2.45, 2.75) is 58.6 Å². The number of aromatic nitrogens is 2. The average molecular weight is 292 g/mol. The highest BCUT2D eigenvalue weighted by Gasteiger charge is 2.24. The van der Waals surface area contributed by atoms with E-state index >= 15 is 0 Å². The summed E-state index contributed by atoms with van der Waals surface area (Å²) in [6.45, 7) is 5.73. The lowest BCUT2D eigenvalue weighted by molar-refractivity contribution is 0.178. The summed E-state index contributed by atoms with van der Waals surface area (Å²) >= 11 is 0. The van der Waals surface area contributed by atoms with Gasteiger partial charge in [-0.3, -0.25) is 0 Å². The fourth-order valence-electron chi connectivity index (χ4n) is 2.40. The smallest absolute Gasteiger partial charge is 0.158 e. The lowest BCUT2D eigenvalue weighted by Gasteiger charge is -2.18. The van der Waals surface area contributed by atoms with Gasteiger partial charge >= 0.3 is 0 Å². The highest BCUT2D eigenvalue weighted by molar-refractivity contribution is 5.48. The van der Waals surface area contributed by atoms with Gasteiger partial charge in [-0.2, -0.15) is 0 Å². The normalized spacial score (nSPS) is 15.8. The maximum absolute atomic E-state index is 5.17. The molecule has 1 aliphatic carbocycles. The fourth-order valence-corrected chi connectivity index (χ4v) is 2.40. The first-order valence-corrected chi connectivity index (χ1v) is 8.12. The van der Waals surface area contributed by atoms with E-state index in [-0.39, 0.29) is 0 Å². The third-order valence-electron chi connectivity index (χ3n) is 3.76. The summed E-state index contributed by atoms with van der Waals surface area (Å²) in [6, 6.07) is 2.51. The van der Waals surface area contributed by atoms with Gasteiger partial charge in [-0.1, -0.05) is 26.7 Å². The molecule has 2 N–H and O–H groups in total. The van der Waals surface area contributed by atoms with Crippen molar-refractivity contribution in [1.29, 1.82) is 0 Å². The number of nitrogens with zero attached hydrogens (tertiary/aromatic N) is 2. The molecule has 2 rings (SSSR count). The van der Waals surface area contributed by atoms with E-state index in [9.17, 15) is 0 Å². The molecule has 21 heavy (non-hydrogen) atoms. The van der Waals surface area contributed by atoms with Crippen molar-refractivity contribution < 1.29 is 4.74 Å². The van der Waals surface area contributed by atoms with E-state index in [0.717, 1.165) is 42.8 Å². The molecule has 0 amide bonds. The Hall–Kier alpha value is -1.36. The first-order chi connectivity index (χ1) is 10.2. The van der Waals surface area contributed by atoms with Crippen molar-refractivity contribution in [2.75, 3.05) is 24.3 Å². The number of nitrogens with one attached hydrogen (secondary N) is 2. The SMILES string of the molecule is CCCNc1cc(NC(CC)CC2CC2)nc(COC)n1. The summed E-state index contributed by atoms with van der Waals surface area (Å²) in [7, 11) is 1.67. The minimum atomic E-state index is 0.440. The van der Waals surface area contributed by atoms with Gasteiger partial charge in [0, 0.05) is 25.8 Å². The Morgan fingerprint density at radius 3 is 2.67 bits per heavy atom. The summed E-state index contributed by atoms with van der Waals surface area (Å²) in [5.41, 5.74) is 0. The molecule has 1 heterocycles. The third-order valence-corrected chi connectivity index (χ3v) is 3.76. The Kier molecular flexibility index (Phi) is 6.23. The highest BCUT2D eigenvalue weighted by Crippen LogP contribution is 2.34. The van der Waals surface area contributed by atoms with Crippen LogP contribution < -0.4 is 10.6 Å². The van der Waals surface area contributed by atoms with Gasteiger partial charge < -0.3 is 15.4 Å². The number of ether oxygens (including phenoxy) is 1. The van der Waals surface area contributed by atoms with Crippen molar-refractivity contribution in [1.82, 2.24) is 9.97 Å². The molecule has 0 saturated heterocycles. The molecule has 0 aromatic carbocycles. The van der Waals surface area contributed by atoms with Gasteiger partial charge in [-0.05, 0) is 25.2 Å². The number of hydrogen-bond acceptors (Lipinski definition) is 5. The fraction of sp³-hybridized carbons (Fsp3) is 0.750. The molecule has 0 radical (unpaired) electrons. The largest absolute Gasteiger partial charge is 0.377 e. The summed E-state index contributed by atoms with van der Waals surface area (Å²) in [6.07, 6.45) is 6.22. The molecule has 118 valence electrons. The maximum atomic E-state index is 5.17. The van der Waals surface area contributed by atoms with Gasteiger partial charge in [0.05, 0.1) is 0 Å². The van der Waals surface area contributed by atoms with Crippen LogP contribution in [0.15, 0.2) is 6.07 Å². The molecular weight excluding hydrogens is 264 g/mol. The molecule has 1 aromatic heterocycles. The van der Waals surface area contributed by atoms with Crippen LogP contribution in [-0.4, -0.2) is 29.7 Å². The maximum Gasteiger partial charge on any atom is 0.158 e. The molecule has 0 spiro atoms. The van der Waals surface area contributed by atoms with Gasteiger partial charge in [0.15, 0.2) is 5.82 Å². The minimum absolute atomic E-state index is 0.440. The first kappa shape index (κ1) is 16.0. The lowest BCUT2D eigenvalue weighted by atomic mass is 10.1. The van der Waals surface area contributed by atoms with Crippen molar-refractivity contribution in [2.24, 2.45) is 5.92 Å². The molecule has 1 unspecified atom stereocenters. The molecule has 1 aliphatic rings. The predicted octanol–water partition coefficient (Wildman–Crippen LogP) is 3.44. The summed E-state index contributed by atoms with van der Waals surface area (Å²) in [5, 5.41) is 6.90. The van der Waals surface area contributed by atoms with Gasteiger partial charge in [0.25, 0.3) is 0 Å². The Morgan fingerprint density at radius 2 is 2.05 bits per heavy atom. The summed E-state index contributed by atoms with van der Waals surface area (Å²) < 4.78 is 5.17. The quantitative estimate of drug-likeness (QED) is 0.692. The van der Waals surface area contributed by atoms with E-state index in [0.29, 0.717) is 12.6 Å². The Balaban J connectivity index is 2.05. The van der Waals surface area contributed by atoms with Crippen LogP contribution in [0.1, 0.15) is 51.8 Å². The molecule has 1 fully saturated rings. The van der Waals surface area contributed by atoms with Gasteiger partial charge in [-0.25, -0.2) is 9.97 Å². The van der Waals surface area contributed by atoms with Crippen LogP contribution in [0.25, 0.3) is 0 Å². The van der Waals surface area contributed by atoms with Crippen molar-refractivity contribution in [3.8, 4) is 0 Å². The minimum Gasteiger partial charge on any atom is -0.377 e. The average Bonchev–Trinajstić information content (AvgIpc) is 3.28. The van der Waals surface area contributed by atoms with Crippen LogP contribution in [0, 0.1) is 5.92 Å². The van der Waals surface area contributed by atoms with Crippen LogP contribution >= 0.6 is 0 Å². The monoisotopic (exact) mass is 292 g/mol. The first-order valence-electron chi connectivity index (χ1n) is 8.12. The van der Waals surface area contributed by atoms with Gasteiger partial charge in [0.1, 0.15) is 18.2 Å². The van der Waals surface area contributed by atoms with Crippen LogP contribution in [0.3, 0.4) is 0 Å². The second kappa shape index (κ2) is 8.17. The van der Waals surface area contributed by atoms with Crippen LogP contribution in [-0.2, 0) is 11.3 Å². The predicted molar refractivity (Wildman–Crippen MR) is 86.6 cm³/mol. The molecule has 1 atom stereocenters. The van der Waals surface area contributed by atoms with Crippen LogP contribution in [0.2, 0.25) is 0 Å². The van der Waals surface area contributed by atoms with Gasteiger partial charge in [-0.15, -0.1) is 0 Å². The van der Waals surface area contributed by atoms with E-state index in [1.54, 1.807) is 7.11 Å². The van der Waals surface area contributed by atoms with Crippen molar-refractivity contribution in [3.63, 3.8) is 0 Å². The molecule has 0 aliphatic heterocycles. The zero-order valence-electron chi connectivity index (χ0n) is 13.5. The second-order valence-corrected chi connectivity index (χ2v) is 5.84. The van der Waals surface area contributed by atoms with Crippen molar-refractivity contribution >= 4 is 11.6 Å². The Bertz CT molecular complexity index is 434. The molecule has 5 nitrogen and oxygen atoms in total. The molecule has 1 saturated carbocycles. The van der Waals surface area contributed by atoms with E-state index in [1.807, 2.05) is 6.07 Å². The molecular formula is C16H28N4O. The zero-order chi connectivity index (χ0) is 15.1. The van der Waals surface area contributed by atoms with Crippen molar-refractivity contribution in [3.05, 3.63) is 11.9 Å². The number of rotatable bonds is 10. The third kappa shape index (κ3) is 5.50. The lowest BCUT2D eigenvalue weighted by Crippen LogP contribution is -2.21. The van der Waals surface area contributed by atoms with E-state index in [2.05, 4.69) is 34.4 Å². The summed E-state index contributed by atoms with van der Waals surface area (Å²) in [4.78, 5) is 9.04. The number of methoxy groups -OCH3 is 1. The van der Waals surface area contributed by atoms with E-state index in [4.69, 9.17) is 4.74 Å². The van der Waals surface area contributed by atoms with E-state index < -0.39 is 0 Å². The molecule has 1 aromatic rings. The zero-order valence-corrected chi connectivity index (χ0v) is 13.5. The van der Waals surface area contributed by atoms with Crippen LogP contribution in [0.4, 0.5) is 11.6 Å². The topological polar surface area (TPSA) is 59.1 Å². The number of hydrogen-bond donors (Lipinski definition) is 2. The Morgan fingerprint density at radius 1 is 1.29 bits per heavy atom. The van der Waals surface area contributed by atoms with Crippen LogP contribution in [0.5, 0.6) is 0 Å². The number of anilines is 2. The van der Waals surface area contributed by atoms with E-state index in [1.165, 1.54) is 19.3 Å². The molecule has 0 bridgehead atoms. The standard InChI is InChI=1S/C16H28N4O/c1-4-8-17-14-10-15(20-16(19-14)11-21-3)18-13(5-2)9-12-6-7-12/h10,12-13H,4-9,11H2,1-3H3,(H2,17,18,19,20). The highest BCUT2D eigenvalue weighted by atomic mass is 16.5. The molecule has 5 heteroatoms. The van der Waals surface area contributed by atoms with Gasteiger partial charge in [0.2, 0.25) is 0 Å². The summed E-state index contributed by atoms with van der Waals surface area (Å²) in [5.74, 6) is 3.42. The Labute approximate surface area is 127 Å². The second-order valence-electron chi connectivity index (χ2n) is 5.84.